The maximum atomic E-state index is 6.22. The summed E-state index contributed by atoms with van der Waals surface area (Å²) in [7, 11) is 1.67. The Balaban J connectivity index is 2.21. The van der Waals surface area contributed by atoms with E-state index in [9.17, 15) is 0 Å². The first-order chi connectivity index (χ1) is 9.51. The molecule has 20 heavy (non-hydrogen) atoms. The highest BCUT2D eigenvalue weighted by atomic mass is 35.5. The van der Waals surface area contributed by atoms with E-state index < -0.39 is 0 Å². The van der Waals surface area contributed by atoms with Gasteiger partial charge in [-0.15, -0.1) is 0 Å². The SMILES string of the molecule is COc1ccc(C)cc1CNc1cc(Cl)c(C)cc1Cl. The number of hydrogen-bond acceptors (Lipinski definition) is 2. The Morgan fingerprint density at radius 1 is 1.05 bits per heavy atom. The summed E-state index contributed by atoms with van der Waals surface area (Å²) in [6.45, 7) is 4.62. The third kappa shape index (κ3) is 3.38. The second-order valence-electron chi connectivity index (χ2n) is 4.75. The Morgan fingerprint density at radius 2 is 1.80 bits per heavy atom. The van der Waals surface area contributed by atoms with Crippen LogP contribution < -0.4 is 10.1 Å². The van der Waals surface area contributed by atoms with Crippen molar-refractivity contribution in [1.29, 1.82) is 0 Å². The fourth-order valence-corrected chi connectivity index (χ4v) is 2.47. The molecular formula is C16H17Cl2NO. The molecule has 0 radical (unpaired) electrons. The number of ether oxygens (including phenoxy) is 1. The highest BCUT2D eigenvalue weighted by Crippen LogP contribution is 2.30. The van der Waals surface area contributed by atoms with Gasteiger partial charge >= 0.3 is 0 Å². The van der Waals surface area contributed by atoms with Crippen molar-refractivity contribution in [2.75, 3.05) is 12.4 Å². The first-order valence-electron chi connectivity index (χ1n) is 6.34. The molecule has 2 rings (SSSR count). The van der Waals surface area contributed by atoms with Gasteiger partial charge in [-0.2, -0.15) is 0 Å². The number of nitrogens with one attached hydrogen (secondary N) is 1. The zero-order valence-corrected chi connectivity index (χ0v) is 13.3. The van der Waals surface area contributed by atoms with Crippen molar-refractivity contribution in [2.45, 2.75) is 20.4 Å². The van der Waals surface area contributed by atoms with Gasteiger partial charge in [0.15, 0.2) is 0 Å². The van der Waals surface area contributed by atoms with E-state index in [-0.39, 0.29) is 0 Å². The fraction of sp³-hybridized carbons (Fsp3) is 0.250. The Morgan fingerprint density at radius 3 is 2.50 bits per heavy atom. The van der Waals surface area contributed by atoms with Crippen molar-refractivity contribution < 1.29 is 4.74 Å². The lowest BCUT2D eigenvalue weighted by atomic mass is 10.1. The topological polar surface area (TPSA) is 21.3 Å². The van der Waals surface area contributed by atoms with Crippen molar-refractivity contribution in [1.82, 2.24) is 0 Å². The van der Waals surface area contributed by atoms with Gasteiger partial charge in [-0.25, -0.2) is 0 Å². The molecule has 0 aromatic heterocycles. The standard InChI is InChI=1S/C16H17Cl2NO/c1-10-4-5-16(20-3)12(6-10)9-19-15-8-13(17)11(2)7-14(15)18/h4-8,19H,9H2,1-3H3. The highest BCUT2D eigenvalue weighted by molar-refractivity contribution is 6.35. The summed E-state index contributed by atoms with van der Waals surface area (Å²) < 4.78 is 5.36. The second kappa shape index (κ2) is 6.38. The second-order valence-corrected chi connectivity index (χ2v) is 5.56. The highest BCUT2D eigenvalue weighted by Gasteiger charge is 2.07. The molecule has 0 amide bonds. The van der Waals surface area contributed by atoms with Crippen molar-refractivity contribution in [3.8, 4) is 5.75 Å². The quantitative estimate of drug-likeness (QED) is 0.835. The smallest absolute Gasteiger partial charge is 0.123 e. The number of halogens is 2. The summed E-state index contributed by atoms with van der Waals surface area (Å²) in [6.07, 6.45) is 0. The lowest BCUT2D eigenvalue weighted by molar-refractivity contribution is 0.410. The molecule has 0 fully saturated rings. The van der Waals surface area contributed by atoms with E-state index >= 15 is 0 Å². The third-order valence-corrected chi connectivity index (χ3v) is 3.87. The molecule has 0 unspecified atom stereocenters. The number of methoxy groups -OCH3 is 1. The monoisotopic (exact) mass is 309 g/mol. The zero-order chi connectivity index (χ0) is 14.7. The number of hydrogen-bond donors (Lipinski definition) is 1. The molecule has 0 spiro atoms. The van der Waals surface area contributed by atoms with Crippen molar-refractivity contribution in [3.63, 3.8) is 0 Å². The van der Waals surface area contributed by atoms with Crippen LogP contribution in [0.5, 0.6) is 5.75 Å². The molecule has 0 saturated carbocycles. The summed E-state index contributed by atoms with van der Waals surface area (Å²) in [5, 5.41) is 4.67. The normalized spacial score (nSPS) is 10.4. The molecule has 0 aliphatic carbocycles. The molecular weight excluding hydrogens is 293 g/mol. The maximum Gasteiger partial charge on any atom is 0.123 e. The third-order valence-electron chi connectivity index (χ3n) is 3.15. The molecule has 4 heteroatoms. The van der Waals surface area contributed by atoms with E-state index in [1.165, 1.54) is 5.56 Å². The molecule has 106 valence electrons. The molecule has 2 nitrogen and oxygen atoms in total. The minimum Gasteiger partial charge on any atom is -0.496 e. The van der Waals surface area contributed by atoms with E-state index in [0.29, 0.717) is 16.6 Å². The number of anilines is 1. The summed E-state index contributed by atoms with van der Waals surface area (Å²) in [4.78, 5) is 0. The van der Waals surface area contributed by atoms with E-state index in [1.54, 1.807) is 7.11 Å². The molecule has 0 heterocycles. The first kappa shape index (κ1) is 15.0. The Labute approximate surface area is 129 Å². The van der Waals surface area contributed by atoms with Crippen LogP contribution in [0.2, 0.25) is 10.0 Å². The molecule has 2 aromatic carbocycles. The van der Waals surface area contributed by atoms with Gasteiger partial charge in [0.05, 0.1) is 17.8 Å². The van der Waals surface area contributed by atoms with Gasteiger partial charge in [0.2, 0.25) is 0 Å². The van der Waals surface area contributed by atoms with Gasteiger partial charge in [-0.05, 0) is 37.6 Å². The van der Waals surface area contributed by atoms with Crippen molar-refractivity contribution >= 4 is 28.9 Å². The van der Waals surface area contributed by atoms with Gasteiger partial charge in [-0.1, -0.05) is 40.9 Å². The lowest BCUT2D eigenvalue weighted by Crippen LogP contribution is -2.03. The summed E-state index contributed by atoms with van der Waals surface area (Å²) in [5.74, 6) is 0.859. The van der Waals surface area contributed by atoms with Crippen LogP contribution in [0.4, 0.5) is 5.69 Å². The minimum absolute atomic E-state index is 0.629. The predicted molar refractivity (Wildman–Crippen MR) is 86.3 cm³/mol. The van der Waals surface area contributed by atoms with E-state index in [0.717, 1.165) is 22.6 Å². The average Bonchev–Trinajstić information content (AvgIpc) is 2.41. The van der Waals surface area contributed by atoms with Crippen LogP contribution in [0.1, 0.15) is 16.7 Å². The molecule has 1 N–H and O–H groups in total. The Bertz CT molecular complexity index is 626. The number of rotatable bonds is 4. The molecule has 0 saturated heterocycles. The number of benzene rings is 2. The van der Waals surface area contributed by atoms with Crippen molar-refractivity contribution in [3.05, 3.63) is 57.1 Å². The van der Waals surface area contributed by atoms with E-state index in [2.05, 4.69) is 18.3 Å². The molecule has 2 aromatic rings. The fourth-order valence-electron chi connectivity index (χ4n) is 2.02. The van der Waals surface area contributed by atoms with Gasteiger partial charge < -0.3 is 10.1 Å². The van der Waals surface area contributed by atoms with Crippen LogP contribution in [-0.2, 0) is 6.54 Å². The minimum atomic E-state index is 0.629. The van der Waals surface area contributed by atoms with Gasteiger partial charge in [-0.3, -0.25) is 0 Å². The lowest BCUT2D eigenvalue weighted by Gasteiger charge is -2.13. The van der Waals surface area contributed by atoms with Crippen LogP contribution in [-0.4, -0.2) is 7.11 Å². The van der Waals surface area contributed by atoms with E-state index in [1.807, 2.05) is 31.2 Å². The van der Waals surface area contributed by atoms with Crippen LogP contribution >= 0.6 is 23.2 Å². The van der Waals surface area contributed by atoms with Crippen molar-refractivity contribution in [2.24, 2.45) is 0 Å². The van der Waals surface area contributed by atoms with Crippen LogP contribution in [0, 0.1) is 13.8 Å². The summed E-state index contributed by atoms with van der Waals surface area (Å²) in [6, 6.07) is 9.80. The Kier molecular flexibility index (Phi) is 4.79. The van der Waals surface area contributed by atoms with E-state index in [4.69, 9.17) is 27.9 Å². The predicted octanol–water partition coefficient (Wildman–Crippen LogP) is 5.23. The van der Waals surface area contributed by atoms with Gasteiger partial charge in [0.1, 0.15) is 5.75 Å². The zero-order valence-electron chi connectivity index (χ0n) is 11.8. The largest absolute Gasteiger partial charge is 0.496 e. The van der Waals surface area contributed by atoms with Gasteiger partial charge in [0.25, 0.3) is 0 Å². The van der Waals surface area contributed by atoms with Crippen LogP contribution in [0.15, 0.2) is 30.3 Å². The Hall–Kier alpha value is -1.38. The molecule has 0 atom stereocenters. The molecule has 0 aliphatic rings. The van der Waals surface area contributed by atoms with Crippen LogP contribution in [0.3, 0.4) is 0 Å². The molecule has 0 aliphatic heterocycles. The first-order valence-corrected chi connectivity index (χ1v) is 7.10. The summed E-state index contributed by atoms with van der Waals surface area (Å²) >= 11 is 12.3. The van der Waals surface area contributed by atoms with Gasteiger partial charge in [0, 0.05) is 17.1 Å². The summed E-state index contributed by atoms with van der Waals surface area (Å²) in [5.41, 5.74) is 4.07. The number of aryl methyl sites for hydroxylation is 2. The van der Waals surface area contributed by atoms with Crippen LogP contribution in [0.25, 0.3) is 0 Å². The average molecular weight is 310 g/mol. The maximum absolute atomic E-state index is 6.22. The molecule has 0 bridgehead atoms.